The topological polar surface area (TPSA) is 44.8 Å². The number of piperazine rings is 1. The van der Waals surface area contributed by atoms with Crippen molar-refractivity contribution in [2.75, 3.05) is 45.9 Å². The van der Waals surface area contributed by atoms with Crippen LogP contribution in [-0.2, 0) is 4.74 Å². The smallest absolute Gasteiger partial charge is 0.409 e. The summed E-state index contributed by atoms with van der Waals surface area (Å²) in [4.78, 5) is 15.9. The number of amides is 1. The number of nitrogens with one attached hydrogen (secondary N) is 1. The molecule has 0 radical (unpaired) electrons. The van der Waals surface area contributed by atoms with Gasteiger partial charge < -0.3 is 15.0 Å². The van der Waals surface area contributed by atoms with E-state index in [9.17, 15) is 4.79 Å². The Hall–Kier alpha value is -0.810. The molecule has 1 amide bonds. The maximum atomic E-state index is 11.6. The molecule has 5 nitrogen and oxygen atoms in total. The number of hydrogen-bond donors (Lipinski definition) is 1. The fraction of sp³-hybridized carbons (Fsp3) is 0.917. The predicted molar refractivity (Wildman–Crippen MR) is 66.0 cm³/mol. The molecule has 17 heavy (non-hydrogen) atoms. The Labute approximate surface area is 103 Å². The Morgan fingerprint density at radius 1 is 1.35 bits per heavy atom. The standard InChI is InChI=1S/C12H23N3O2/c1-10(2)9-17-12(16)15-7-11(8-15)14-5-3-13-4-6-14/h10-11,13H,3-9H2,1-2H3. The molecule has 0 spiro atoms. The van der Waals surface area contributed by atoms with Crippen LogP contribution in [0.25, 0.3) is 0 Å². The normalized spacial score (nSPS) is 22.6. The lowest BCUT2D eigenvalue weighted by Crippen LogP contribution is -2.64. The van der Waals surface area contributed by atoms with Crippen LogP contribution in [0.5, 0.6) is 0 Å². The number of nitrogens with zero attached hydrogens (tertiary/aromatic N) is 2. The average Bonchev–Trinajstić information content (AvgIpc) is 2.26. The van der Waals surface area contributed by atoms with Gasteiger partial charge in [0, 0.05) is 45.3 Å². The fourth-order valence-electron chi connectivity index (χ4n) is 2.21. The largest absolute Gasteiger partial charge is 0.449 e. The summed E-state index contributed by atoms with van der Waals surface area (Å²) in [6, 6.07) is 0.545. The second-order valence-corrected chi connectivity index (χ2v) is 5.32. The quantitative estimate of drug-likeness (QED) is 0.775. The molecule has 2 rings (SSSR count). The first-order valence-corrected chi connectivity index (χ1v) is 6.53. The van der Waals surface area contributed by atoms with Gasteiger partial charge in [0.1, 0.15) is 0 Å². The lowest BCUT2D eigenvalue weighted by atomic mass is 10.1. The van der Waals surface area contributed by atoms with Crippen LogP contribution in [0.3, 0.4) is 0 Å². The van der Waals surface area contributed by atoms with Gasteiger partial charge in [-0.3, -0.25) is 4.90 Å². The zero-order valence-electron chi connectivity index (χ0n) is 10.8. The van der Waals surface area contributed by atoms with E-state index in [1.807, 2.05) is 13.8 Å². The first-order valence-electron chi connectivity index (χ1n) is 6.53. The second-order valence-electron chi connectivity index (χ2n) is 5.32. The number of rotatable bonds is 3. The Morgan fingerprint density at radius 2 is 2.00 bits per heavy atom. The van der Waals surface area contributed by atoms with Crippen molar-refractivity contribution in [3.63, 3.8) is 0 Å². The van der Waals surface area contributed by atoms with Crippen molar-refractivity contribution < 1.29 is 9.53 Å². The van der Waals surface area contributed by atoms with Gasteiger partial charge >= 0.3 is 6.09 Å². The molecule has 2 fully saturated rings. The molecule has 0 unspecified atom stereocenters. The average molecular weight is 241 g/mol. The van der Waals surface area contributed by atoms with Gasteiger partial charge in [-0.05, 0) is 5.92 Å². The third kappa shape index (κ3) is 3.33. The van der Waals surface area contributed by atoms with Crippen molar-refractivity contribution in [3.8, 4) is 0 Å². The van der Waals surface area contributed by atoms with E-state index in [1.165, 1.54) is 0 Å². The molecular weight excluding hydrogens is 218 g/mol. The van der Waals surface area contributed by atoms with E-state index in [0.717, 1.165) is 39.3 Å². The van der Waals surface area contributed by atoms with Gasteiger partial charge in [0.05, 0.1) is 6.61 Å². The molecule has 2 saturated heterocycles. The van der Waals surface area contributed by atoms with Gasteiger partial charge in [0.15, 0.2) is 0 Å². The van der Waals surface area contributed by atoms with Crippen LogP contribution in [0.4, 0.5) is 4.79 Å². The monoisotopic (exact) mass is 241 g/mol. The maximum absolute atomic E-state index is 11.6. The molecule has 0 bridgehead atoms. The van der Waals surface area contributed by atoms with E-state index in [-0.39, 0.29) is 6.09 Å². The lowest BCUT2D eigenvalue weighted by molar-refractivity contribution is 0.0140. The van der Waals surface area contributed by atoms with Gasteiger partial charge in [-0.2, -0.15) is 0 Å². The minimum absolute atomic E-state index is 0.148. The maximum Gasteiger partial charge on any atom is 0.409 e. The Balaban J connectivity index is 1.65. The Kier molecular flexibility index (Phi) is 4.23. The SMILES string of the molecule is CC(C)COC(=O)N1CC(N2CCNCC2)C1. The summed E-state index contributed by atoms with van der Waals surface area (Å²) in [5.41, 5.74) is 0. The van der Waals surface area contributed by atoms with Gasteiger partial charge in [0.2, 0.25) is 0 Å². The van der Waals surface area contributed by atoms with Crippen molar-refractivity contribution in [2.45, 2.75) is 19.9 Å². The highest BCUT2D eigenvalue weighted by molar-refractivity contribution is 5.68. The van der Waals surface area contributed by atoms with E-state index < -0.39 is 0 Å². The molecule has 98 valence electrons. The number of carbonyl (C=O) groups is 1. The molecule has 0 aliphatic carbocycles. The summed E-state index contributed by atoms with van der Waals surface area (Å²) >= 11 is 0. The van der Waals surface area contributed by atoms with Crippen LogP contribution < -0.4 is 5.32 Å². The van der Waals surface area contributed by atoms with Gasteiger partial charge in [-0.15, -0.1) is 0 Å². The molecule has 0 aromatic heterocycles. The molecule has 0 saturated carbocycles. The summed E-state index contributed by atoms with van der Waals surface area (Å²) < 4.78 is 5.20. The Morgan fingerprint density at radius 3 is 2.59 bits per heavy atom. The molecular formula is C12H23N3O2. The van der Waals surface area contributed by atoms with E-state index in [1.54, 1.807) is 4.90 Å². The molecule has 0 aromatic rings. The van der Waals surface area contributed by atoms with E-state index in [2.05, 4.69) is 10.2 Å². The van der Waals surface area contributed by atoms with Crippen LogP contribution in [-0.4, -0.2) is 67.8 Å². The highest BCUT2D eigenvalue weighted by atomic mass is 16.6. The van der Waals surface area contributed by atoms with Crippen molar-refractivity contribution in [2.24, 2.45) is 5.92 Å². The first kappa shape index (κ1) is 12.6. The molecule has 1 N–H and O–H groups in total. The van der Waals surface area contributed by atoms with Crippen molar-refractivity contribution in [3.05, 3.63) is 0 Å². The fourth-order valence-corrected chi connectivity index (χ4v) is 2.21. The van der Waals surface area contributed by atoms with Crippen molar-refractivity contribution >= 4 is 6.09 Å². The molecule has 2 aliphatic heterocycles. The highest BCUT2D eigenvalue weighted by Crippen LogP contribution is 2.16. The van der Waals surface area contributed by atoms with Crippen LogP contribution in [0.1, 0.15) is 13.8 Å². The minimum atomic E-state index is -0.148. The predicted octanol–water partition coefficient (Wildman–Crippen LogP) is 0.368. The van der Waals surface area contributed by atoms with Crippen LogP contribution in [0.15, 0.2) is 0 Å². The van der Waals surface area contributed by atoms with Crippen LogP contribution in [0, 0.1) is 5.92 Å². The van der Waals surface area contributed by atoms with E-state index in [4.69, 9.17) is 4.74 Å². The van der Waals surface area contributed by atoms with E-state index in [0.29, 0.717) is 18.6 Å². The summed E-state index contributed by atoms with van der Waals surface area (Å²) in [5.74, 6) is 0.407. The second kappa shape index (κ2) is 5.69. The molecule has 2 heterocycles. The van der Waals surface area contributed by atoms with Gasteiger partial charge in [0.25, 0.3) is 0 Å². The summed E-state index contributed by atoms with van der Waals surface area (Å²) in [5, 5.41) is 3.34. The summed E-state index contributed by atoms with van der Waals surface area (Å²) in [7, 11) is 0. The number of likely N-dealkylation sites (tertiary alicyclic amines) is 1. The lowest BCUT2D eigenvalue weighted by Gasteiger charge is -2.46. The Bertz CT molecular complexity index is 258. The van der Waals surface area contributed by atoms with Crippen molar-refractivity contribution in [1.29, 1.82) is 0 Å². The van der Waals surface area contributed by atoms with Crippen LogP contribution in [0.2, 0.25) is 0 Å². The zero-order chi connectivity index (χ0) is 12.3. The van der Waals surface area contributed by atoms with Gasteiger partial charge in [-0.25, -0.2) is 4.79 Å². The first-order chi connectivity index (χ1) is 8.16. The molecule has 0 atom stereocenters. The third-order valence-corrected chi connectivity index (χ3v) is 3.33. The third-order valence-electron chi connectivity index (χ3n) is 3.33. The highest BCUT2D eigenvalue weighted by Gasteiger charge is 2.35. The summed E-state index contributed by atoms with van der Waals surface area (Å²) in [6.07, 6.45) is -0.148. The van der Waals surface area contributed by atoms with E-state index >= 15 is 0 Å². The molecule has 0 aromatic carbocycles. The van der Waals surface area contributed by atoms with Gasteiger partial charge in [-0.1, -0.05) is 13.8 Å². The molecule has 2 aliphatic rings. The number of carbonyl (C=O) groups excluding carboxylic acids is 1. The number of hydrogen-bond acceptors (Lipinski definition) is 4. The zero-order valence-corrected chi connectivity index (χ0v) is 10.8. The minimum Gasteiger partial charge on any atom is -0.449 e. The summed E-state index contributed by atoms with van der Waals surface area (Å²) in [6.45, 7) is 10.6. The molecule has 5 heteroatoms. The number of ether oxygens (including phenoxy) is 1. The van der Waals surface area contributed by atoms with Crippen LogP contribution >= 0.6 is 0 Å². The van der Waals surface area contributed by atoms with Crippen molar-refractivity contribution in [1.82, 2.24) is 15.1 Å².